The van der Waals surface area contributed by atoms with Gasteiger partial charge >= 0.3 is 0 Å². The molecule has 4 nitrogen and oxygen atoms in total. The third-order valence-electron chi connectivity index (χ3n) is 3.94. The second-order valence-electron chi connectivity index (χ2n) is 5.29. The zero-order valence-electron chi connectivity index (χ0n) is 11.5. The van der Waals surface area contributed by atoms with Crippen LogP contribution in [0.15, 0.2) is 43.0 Å². The molecule has 3 rings (SSSR count). The van der Waals surface area contributed by atoms with E-state index in [0.717, 1.165) is 19.4 Å². The molecule has 0 bridgehead atoms. The quantitative estimate of drug-likeness (QED) is 0.903. The summed E-state index contributed by atoms with van der Waals surface area (Å²) in [5.41, 5.74) is 2.76. The van der Waals surface area contributed by atoms with Gasteiger partial charge in [0.25, 0.3) is 0 Å². The highest BCUT2D eigenvalue weighted by molar-refractivity contribution is 5.77. The molecule has 20 heavy (non-hydrogen) atoms. The molecule has 0 spiro atoms. The Morgan fingerprint density at radius 3 is 3.15 bits per heavy atom. The predicted octanol–water partition coefficient (Wildman–Crippen LogP) is 2.12. The van der Waals surface area contributed by atoms with Gasteiger partial charge in [-0.25, -0.2) is 4.98 Å². The van der Waals surface area contributed by atoms with E-state index in [4.69, 9.17) is 0 Å². The Balaban J connectivity index is 1.48. The van der Waals surface area contributed by atoms with Gasteiger partial charge in [0, 0.05) is 31.9 Å². The van der Waals surface area contributed by atoms with Gasteiger partial charge in [0.1, 0.15) is 0 Å². The number of aryl methyl sites for hydroxylation is 1. The minimum absolute atomic E-state index is 0.145. The molecule has 0 aliphatic heterocycles. The van der Waals surface area contributed by atoms with Crippen molar-refractivity contribution in [2.75, 3.05) is 6.54 Å². The lowest BCUT2D eigenvalue weighted by molar-refractivity contribution is -0.121. The Labute approximate surface area is 118 Å². The molecule has 0 fully saturated rings. The number of carbonyl (C=O) groups excluding carboxylic acids is 1. The van der Waals surface area contributed by atoms with Crippen LogP contribution in [0.4, 0.5) is 0 Å². The van der Waals surface area contributed by atoms with Crippen LogP contribution in [0, 0.1) is 0 Å². The molecule has 1 N–H and O–H groups in total. The molecule has 1 aromatic carbocycles. The van der Waals surface area contributed by atoms with Crippen molar-refractivity contribution in [1.29, 1.82) is 0 Å². The van der Waals surface area contributed by atoms with Crippen LogP contribution in [0.1, 0.15) is 29.9 Å². The first-order chi connectivity index (χ1) is 9.83. The first-order valence-electron chi connectivity index (χ1n) is 7.13. The molecule has 1 aliphatic carbocycles. The van der Waals surface area contributed by atoms with Gasteiger partial charge in [-0.05, 0) is 29.9 Å². The lowest BCUT2D eigenvalue weighted by Gasteiger charge is -2.12. The Morgan fingerprint density at radius 1 is 1.40 bits per heavy atom. The van der Waals surface area contributed by atoms with Gasteiger partial charge in [-0.3, -0.25) is 4.79 Å². The SMILES string of the molecule is O=C(C[C@@H]1CCc2ccccc21)NCCn1ccnc1. The van der Waals surface area contributed by atoms with Crippen LogP contribution in [-0.2, 0) is 17.8 Å². The lowest BCUT2D eigenvalue weighted by atomic mass is 9.97. The van der Waals surface area contributed by atoms with Crippen LogP contribution < -0.4 is 5.32 Å². The van der Waals surface area contributed by atoms with Crippen LogP contribution in [0.5, 0.6) is 0 Å². The van der Waals surface area contributed by atoms with Gasteiger partial charge < -0.3 is 9.88 Å². The van der Waals surface area contributed by atoms with Crippen LogP contribution in [0.25, 0.3) is 0 Å². The fraction of sp³-hybridized carbons (Fsp3) is 0.375. The van der Waals surface area contributed by atoms with Crippen molar-refractivity contribution in [3.63, 3.8) is 0 Å². The number of fused-ring (bicyclic) bond motifs is 1. The van der Waals surface area contributed by atoms with Gasteiger partial charge in [-0.15, -0.1) is 0 Å². The topological polar surface area (TPSA) is 46.9 Å². The molecule has 0 radical (unpaired) electrons. The molecule has 0 saturated carbocycles. The maximum absolute atomic E-state index is 12.0. The lowest BCUT2D eigenvalue weighted by Crippen LogP contribution is -2.28. The molecular weight excluding hydrogens is 250 g/mol. The molecule has 1 aliphatic rings. The van der Waals surface area contributed by atoms with E-state index in [1.807, 2.05) is 10.8 Å². The second-order valence-corrected chi connectivity index (χ2v) is 5.29. The number of hydrogen-bond acceptors (Lipinski definition) is 2. The van der Waals surface area contributed by atoms with Crippen molar-refractivity contribution in [3.05, 3.63) is 54.1 Å². The Hall–Kier alpha value is -2.10. The number of carbonyl (C=O) groups is 1. The van der Waals surface area contributed by atoms with E-state index in [1.54, 1.807) is 12.5 Å². The summed E-state index contributed by atoms with van der Waals surface area (Å²) >= 11 is 0. The van der Waals surface area contributed by atoms with Crippen LogP contribution >= 0.6 is 0 Å². The van der Waals surface area contributed by atoms with Gasteiger partial charge in [0.05, 0.1) is 6.33 Å². The Kier molecular flexibility index (Phi) is 3.81. The average Bonchev–Trinajstić information content (AvgIpc) is 3.09. The van der Waals surface area contributed by atoms with Crippen molar-refractivity contribution in [1.82, 2.24) is 14.9 Å². The summed E-state index contributed by atoms with van der Waals surface area (Å²) in [5.74, 6) is 0.534. The van der Waals surface area contributed by atoms with Gasteiger partial charge in [-0.1, -0.05) is 24.3 Å². The van der Waals surface area contributed by atoms with Crippen molar-refractivity contribution in [2.45, 2.75) is 31.7 Å². The van der Waals surface area contributed by atoms with Gasteiger partial charge in [0.15, 0.2) is 0 Å². The number of nitrogens with one attached hydrogen (secondary N) is 1. The zero-order valence-corrected chi connectivity index (χ0v) is 11.5. The number of imidazole rings is 1. The van der Waals surface area contributed by atoms with Crippen LogP contribution in [0.3, 0.4) is 0 Å². The molecular formula is C16H19N3O. The highest BCUT2D eigenvalue weighted by Crippen LogP contribution is 2.34. The maximum atomic E-state index is 12.0. The van der Waals surface area contributed by atoms with E-state index in [0.29, 0.717) is 18.9 Å². The molecule has 1 atom stereocenters. The number of rotatable bonds is 5. The molecule has 0 saturated heterocycles. The molecule has 1 heterocycles. The summed E-state index contributed by atoms with van der Waals surface area (Å²) in [6, 6.07) is 8.47. The predicted molar refractivity (Wildman–Crippen MR) is 77.4 cm³/mol. The highest BCUT2D eigenvalue weighted by atomic mass is 16.1. The van der Waals surface area contributed by atoms with E-state index in [-0.39, 0.29) is 5.91 Å². The van der Waals surface area contributed by atoms with E-state index < -0.39 is 0 Å². The van der Waals surface area contributed by atoms with E-state index >= 15 is 0 Å². The summed E-state index contributed by atoms with van der Waals surface area (Å²) in [7, 11) is 0. The van der Waals surface area contributed by atoms with E-state index in [2.05, 4.69) is 34.6 Å². The minimum Gasteiger partial charge on any atom is -0.354 e. The van der Waals surface area contributed by atoms with Crippen molar-refractivity contribution < 1.29 is 4.79 Å². The van der Waals surface area contributed by atoms with Gasteiger partial charge in [0.2, 0.25) is 5.91 Å². The normalized spacial score (nSPS) is 16.9. The zero-order chi connectivity index (χ0) is 13.8. The summed E-state index contributed by atoms with van der Waals surface area (Å²) in [6.07, 6.45) is 8.20. The molecule has 104 valence electrons. The first-order valence-corrected chi connectivity index (χ1v) is 7.13. The van der Waals surface area contributed by atoms with Crippen LogP contribution in [-0.4, -0.2) is 22.0 Å². The van der Waals surface area contributed by atoms with Gasteiger partial charge in [-0.2, -0.15) is 0 Å². The molecule has 2 aromatic rings. The van der Waals surface area contributed by atoms with E-state index in [9.17, 15) is 4.79 Å². The monoisotopic (exact) mass is 269 g/mol. The number of hydrogen-bond donors (Lipinski definition) is 1. The highest BCUT2D eigenvalue weighted by Gasteiger charge is 2.23. The minimum atomic E-state index is 0.145. The Morgan fingerprint density at radius 2 is 2.30 bits per heavy atom. The smallest absolute Gasteiger partial charge is 0.220 e. The summed E-state index contributed by atoms with van der Waals surface area (Å²) in [4.78, 5) is 16.0. The Bertz CT molecular complexity index is 577. The largest absolute Gasteiger partial charge is 0.354 e. The third-order valence-corrected chi connectivity index (χ3v) is 3.94. The fourth-order valence-corrected chi connectivity index (χ4v) is 2.90. The summed E-state index contributed by atoms with van der Waals surface area (Å²) < 4.78 is 1.96. The molecule has 1 aromatic heterocycles. The van der Waals surface area contributed by atoms with Crippen molar-refractivity contribution in [3.8, 4) is 0 Å². The maximum Gasteiger partial charge on any atom is 0.220 e. The number of amides is 1. The van der Waals surface area contributed by atoms with Crippen molar-refractivity contribution in [2.24, 2.45) is 0 Å². The number of benzene rings is 1. The second kappa shape index (κ2) is 5.90. The fourth-order valence-electron chi connectivity index (χ4n) is 2.90. The first kappa shape index (κ1) is 12.9. The summed E-state index contributed by atoms with van der Waals surface area (Å²) in [6.45, 7) is 1.43. The molecule has 4 heteroatoms. The molecule has 0 unspecified atom stereocenters. The van der Waals surface area contributed by atoms with Crippen LogP contribution in [0.2, 0.25) is 0 Å². The van der Waals surface area contributed by atoms with Crippen molar-refractivity contribution >= 4 is 5.91 Å². The summed E-state index contributed by atoms with van der Waals surface area (Å²) in [5, 5.41) is 2.99. The molecule has 1 amide bonds. The van der Waals surface area contributed by atoms with E-state index in [1.165, 1.54) is 11.1 Å². The third kappa shape index (κ3) is 2.90. The standard InChI is InChI=1S/C16H19N3O/c20-16(18-8-10-19-9-7-17-12-19)11-14-6-5-13-3-1-2-4-15(13)14/h1-4,7,9,12,14H,5-6,8,10-11H2,(H,18,20)/t14-/m0/s1. The average molecular weight is 269 g/mol. The number of aromatic nitrogens is 2. The number of nitrogens with zero attached hydrogens (tertiary/aromatic N) is 2.